The van der Waals surface area contributed by atoms with Crippen LogP contribution in [0, 0.1) is 17.1 Å². The molecule has 1 aromatic heterocycles. The summed E-state index contributed by atoms with van der Waals surface area (Å²) in [5.74, 6) is -0.598. The number of aromatic nitrogens is 2. The van der Waals surface area contributed by atoms with Crippen LogP contribution in [0.2, 0.25) is 0 Å². The number of aromatic amines is 1. The molecule has 20 heavy (non-hydrogen) atoms. The van der Waals surface area contributed by atoms with Gasteiger partial charge in [0.15, 0.2) is 0 Å². The first kappa shape index (κ1) is 13.7. The van der Waals surface area contributed by atoms with Crippen LogP contribution in [0.4, 0.5) is 4.39 Å². The maximum atomic E-state index is 13.2. The second-order valence-corrected chi connectivity index (χ2v) is 4.32. The van der Waals surface area contributed by atoms with Crippen molar-refractivity contribution in [2.75, 3.05) is 0 Å². The van der Waals surface area contributed by atoms with E-state index in [4.69, 9.17) is 5.26 Å². The summed E-state index contributed by atoms with van der Waals surface area (Å²) in [5.41, 5.74) is 0.0997. The number of nitrogens with zero attached hydrogens (tertiary/aromatic N) is 2. The van der Waals surface area contributed by atoms with Crippen molar-refractivity contribution in [1.29, 1.82) is 5.26 Å². The average Bonchev–Trinajstić information content (AvgIpc) is 2.43. The van der Waals surface area contributed by atoms with Gasteiger partial charge in [-0.15, -0.1) is 0 Å². The molecule has 0 amide bonds. The smallest absolute Gasteiger partial charge is 0.296 e. The van der Waals surface area contributed by atoms with E-state index in [0.717, 1.165) is 0 Å². The number of nitrogens with one attached hydrogen (secondary N) is 1. The Hall–Kier alpha value is -2.68. The van der Waals surface area contributed by atoms with Crippen molar-refractivity contribution >= 4 is 0 Å². The third kappa shape index (κ3) is 2.67. The molecule has 0 unspecified atom stereocenters. The number of hydrogen-bond donors (Lipinski definition) is 1. The highest BCUT2D eigenvalue weighted by Gasteiger charge is 2.06. The fourth-order valence-corrected chi connectivity index (χ4v) is 1.88. The average molecular weight is 273 g/mol. The molecule has 0 spiro atoms. The Morgan fingerprint density at radius 1 is 1.40 bits per heavy atom. The molecule has 2 rings (SSSR count). The Balaban J connectivity index is 2.43. The predicted octanol–water partition coefficient (Wildman–Crippen LogP) is 1.16. The topological polar surface area (TPSA) is 78.7 Å². The second kappa shape index (κ2) is 5.53. The van der Waals surface area contributed by atoms with E-state index in [1.807, 2.05) is 6.92 Å². The molecule has 0 aliphatic carbocycles. The summed E-state index contributed by atoms with van der Waals surface area (Å²) in [6, 6.07) is 5.82. The van der Waals surface area contributed by atoms with Gasteiger partial charge in [-0.3, -0.25) is 14.3 Å². The van der Waals surface area contributed by atoms with Gasteiger partial charge in [0.25, 0.3) is 5.56 Å². The van der Waals surface area contributed by atoms with Crippen molar-refractivity contribution in [3.05, 3.63) is 67.7 Å². The maximum Gasteiger partial charge on any atom is 0.328 e. The number of hydrogen-bond acceptors (Lipinski definition) is 3. The number of nitriles is 1. The van der Waals surface area contributed by atoms with Crippen molar-refractivity contribution in [2.24, 2.45) is 0 Å². The minimum absolute atomic E-state index is 0.0734. The van der Waals surface area contributed by atoms with Crippen LogP contribution in [0.3, 0.4) is 0 Å². The van der Waals surface area contributed by atoms with E-state index >= 15 is 0 Å². The molecule has 0 bridgehead atoms. The summed E-state index contributed by atoms with van der Waals surface area (Å²) in [6.07, 6.45) is 1.99. The molecule has 102 valence electrons. The molecule has 0 saturated carbocycles. The Kier molecular flexibility index (Phi) is 3.80. The monoisotopic (exact) mass is 273 g/mol. The molecule has 1 aromatic carbocycles. The lowest BCUT2D eigenvalue weighted by molar-refractivity contribution is 0.621. The summed E-state index contributed by atoms with van der Waals surface area (Å²) in [6.45, 7) is 1.97. The second-order valence-electron chi connectivity index (χ2n) is 4.32. The van der Waals surface area contributed by atoms with E-state index in [2.05, 4.69) is 4.98 Å². The van der Waals surface area contributed by atoms with Crippen molar-refractivity contribution < 1.29 is 4.39 Å². The predicted molar refractivity (Wildman–Crippen MR) is 70.9 cm³/mol. The van der Waals surface area contributed by atoms with Gasteiger partial charge in [-0.2, -0.15) is 5.26 Å². The standard InChI is InChI=1S/C14H12FN3O2/c1-2-10-8-18(14(20)17-13(10)19)7-9-3-4-12(15)11(5-9)6-16/h3-5,8H,2,7H2,1H3,(H,17,19,20). The third-order valence-electron chi connectivity index (χ3n) is 2.97. The fourth-order valence-electron chi connectivity index (χ4n) is 1.88. The Labute approximate surface area is 113 Å². The Bertz CT molecular complexity index is 799. The molecule has 0 fully saturated rings. The number of aryl methyl sites for hydroxylation is 1. The minimum atomic E-state index is -0.598. The lowest BCUT2D eigenvalue weighted by Crippen LogP contribution is -2.31. The number of benzene rings is 1. The normalized spacial score (nSPS) is 10.2. The number of H-pyrrole nitrogens is 1. The van der Waals surface area contributed by atoms with E-state index in [1.54, 1.807) is 6.07 Å². The summed E-state index contributed by atoms with van der Waals surface area (Å²) < 4.78 is 14.5. The third-order valence-corrected chi connectivity index (χ3v) is 2.97. The van der Waals surface area contributed by atoms with E-state index in [9.17, 15) is 14.0 Å². The first-order valence-electron chi connectivity index (χ1n) is 6.06. The molecule has 0 aliphatic rings. The van der Waals surface area contributed by atoms with Crippen LogP contribution in [0.15, 0.2) is 34.0 Å². The first-order chi connectivity index (χ1) is 9.55. The van der Waals surface area contributed by atoms with Gasteiger partial charge in [-0.05, 0) is 24.1 Å². The highest BCUT2D eigenvalue weighted by Crippen LogP contribution is 2.10. The van der Waals surface area contributed by atoms with Gasteiger partial charge < -0.3 is 0 Å². The van der Waals surface area contributed by atoms with Crippen LogP contribution in [0.1, 0.15) is 23.6 Å². The molecular formula is C14H12FN3O2. The molecule has 0 saturated heterocycles. The van der Waals surface area contributed by atoms with E-state index < -0.39 is 17.1 Å². The SMILES string of the molecule is CCc1cn(Cc2ccc(F)c(C#N)c2)c(=O)[nH]c1=O. The number of halogens is 1. The van der Waals surface area contributed by atoms with Crippen molar-refractivity contribution in [3.8, 4) is 6.07 Å². The molecule has 0 radical (unpaired) electrons. The van der Waals surface area contributed by atoms with Gasteiger partial charge in [0.05, 0.1) is 12.1 Å². The lowest BCUT2D eigenvalue weighted by atomic mass is 10.1. The summed E-state index contributed by atoms with van der Waals surface area (Å²) in [7, 11) is 0. The van der Waals surface area contributed by atoms with E-state index in [-0.39, 0.29) is 12.1 Å². The number of rotatable bonds is 3. The highest BCUT2D eigenvalue weighted by molar-refractivity contribution is 5.34. The Morgan fingerprint density at radius 2 is 2.15 bits per heavy atom. The summed E-state index contributed by atoms with van der Waals surface area (Å²) in [5, 5.41) is 8.78. The van der Waals surface area contributed by atoms with Crippen LogP contribution in [0.25, 0.3) is 0 Å². The van der Waals surface area contributed by atoms with Crippen molar-refractivity contribution in [2.45, 2.75) is 19.9 Å². The fraction of sp³-hybridized carbons (Fsp3) is 0.214. The van der Waals surface area contributed by atoms with Gasteiger partial charge >= 0.3 is 5.69 Å². The van der Waals surface area contributed by atoms with Gasteiger partial charge in [0.1, 0.15) is 11.9 Å². The molecular weight excluding hydrogens is 261 g/mol. The molecule has 0 atom stereocenters. The minimum Gasteiger partial charge on any atom is -0.296 e. The molecule has 1 heterocycles. The quantitative estimate of drug-likeness (QED) is 0.911. The van der Waals surface area contributed by atoms with Crippen molar-refractivity contribution in [1.82, 2.24) is 9.55 Å². The van der Waals surface area contributed by atoms with Gasteiger partial charge in [0, 0.05) is 11.8 Å². The van der Waals surface area contributed by atoms with E-state index in [0.29, 0.717) is 17.5 Å². The summed E-state index contributed by atoms with van der Waals surface area (Å²) in [4.78, 5) is 25.4. The zero-order valence-corrected chi connectivity index (χ0v) is 10.8. The molecule has 1 N–H and O–H groups in total. The van der Waals surface area contributed by atoms with Gasteiger partial charge in [0.2, 0.25) is 0 Å². The van der Waals surface area contributed by atoms with Crippen LogP contribution in [-0.2, 0) is 13.0 Å². The van der Waals surface area contributed by atoms with Crippen LogP contribution >= 0.6 is 0 Å². The van der Waals surface area contributed by atoms with Crippen LogP contribution < -0.4 is 11.2 Å². The molecule has 6 heteroatoms. The van der Waals surface area contributed by atoms with E-state index in [1.165, 1.54) is 29.0 Å². The molecule has 2 aromatic rings. The van der Waals surface area contributed by atoms with Gasteiger partial charge in [-0.1, -0.05) is 13.0 Å². The van der Waals surface area contributed by atoms with Crippen LogP contribution in [-0.4, -0.2) is 9.55 Å². The van der Waals surface area contributed by atoms with Crippen LogP contribution in [0.5, 0.6) is 0 Å². The largest absolute Gasteiger partial charge is 0.328 e. The van der Waals surface area contributed by atoms with Crippen molar-refractivity contribution in [3.63, 3.8) is 0 Å². The molecule has 0 aliphatic heterocycles. The Morgan fingerprint density at radius 3 is 2.80 bits per heavy atom. The first-order valence-corrected chi connectivity index (χ1v) is 6.06. The zero-order chi connectivity index (χ0) is 14.7. The maximum absolute atomic E-state index is 13.2. The highest BCUT2D eigenvalue weighted by atomic mass is 19.1. The lowest BCUT2D eigenvalue weighted by Gasteiger charge is -2.07. The molecule has 5 nitrogen and oxygen atoms in total. The zero-order valence-electron chi connectivity index (χ0n) is 10.8. The summed E-state index contributed by atoms with van der Waals surface area (Å²) >= 11 is 0. The van der Waals surface area contributed by atoms with Gasteiger partial charge in [-0.25, -0.2) is 9.18 Å².